The maximum absolute atomic E-state index is 13.0. The highest BCUT2D eigenvalue weighted by molar-refractivity contribution is 7.17. The van der Waals surface area contributed by atoms with E-state index in [0.29, 0.717) is 29.4 Å². The number of rotatable bonds is 3. The number of para-hydroxylation sites is 1. The van der Waals surface area contributed by atoms with Gasteiger partial charge in [-0.25, -0.2) is 4.79 Å². The molecule has 0 saturated heterocycles. The molecule has 1 aliphatic rings. The van der Waals surface area contributed by atoms with Crippen LogP contribution < -0.4 is 20.8 Å². The number of thiophene rings is 1. The largest absolute Gasteiger partial charge is 0.490 e. The Morgan fingerprint density at radius 2 is 1.84 bits per heavy atom. The Kier molecular flexibility index (Phi) is 4.40. The normalized spacial score (nSPS) is 13.1. The molecule has 2 aromatic heterocycles. The molecule has 31 heavy (non-hydrogen) atoms. The molecule has 3 heterocycles. The molecule has 5 rings (SSSR count). The minimum atomic E-state index is -1.16. The van der Waals surface area contributed by atoms with Gasteiger partial charge in [0.25, 0.3) is 0 Å². The molecule has 0 saturated carbocycles. The van der Waals surface area contributed by atoms with Gasteiger partial charge in [0.15, 0.2) is 0 Å². The molecule has 0 aliphatic carbocycles. The number of aromatic nitrogens is 2. The topological polar surface area (TPSA) is 93.8 Å². The predicted molar refractivity (Wildman–Crippen MR) is 119 cm³/mol. The summed E-state index contributed by atoms with van der Waals surface area (Å²) in [7, 11) is 1.47. The summed E-state index contributed by atoms with van der Waals surface area (Å²) < 4.78 is 8.17. The van der Waals surface area contributed by atoms with Crippen LogP contribution in [0.2, 0.25) is 0 Å². The number of carbonyl (C=O) groups is 1. The quantitative estimate of drug-likeness (QED) is 0.498. The van der Waals surface area contributed by atoms with Crippen molar-refractivity contribution in [1.82, 2.24) is 9.13 Å². The van der Waals surface area contributed by atoms with Crippen molar-refractivity contribution in [1.29, 1.82) is 0 Å². The molecule has 1 aliphatic heterocycles. The number of nitrogens with zero attached hydrogens (tertiary/aromatic N) is 3. The number of carboxylic acid groups (broad SMARTS) is 1. The summed E-state index contributed by atoms with van der Waals surface area (Å²) in [6.45, 7) is 1.12. The second-order valence-corrected chi connectivity index (χ2v) is 7.96. The van der Waals surface area contributed by atoms with Crippen molar-refractivity contribution >= 4 is 39.0 Å². The zero-order valence-electron chi connectivity index (χ0n) is 16.4. The van der Waals surface area contributed by atoms with E-state index in [2.05, 4.69) is 4.90 Å². The van der Waals surface area contributed by atoms with E-state index in [1.165, 1.54) is 21.6 Å². The number of hydrogen-bond acceptors (Lipinski definition) is 6. The van der Waals surface area contributed by atoms with Crippen LogP contribution in [0.4, 0.5) is 11.4 Å². The first-order valence-corrected chi connectivity index (χ1v) is 10.4. The summed E-state index contributed by atoms with van der Waals surface area (Å²) in [6, 6.07) is 14.9. The number of carboxylic acids is 1. The Bertz CT molecular complexity index is 1450. The molecule has 4 aromatic rings. The Hall–Kier alpha value is -3.85. The fraction of sp³-hybridized carbons (Fsp3) is 0.136. The zero-order valence-corrected chi connectivity index (χ0v) is 17.3. The lowest BCUT2D eigenvalue weighted by Gasteiger charge is -2.31. The number of anilines is 2. The van der Waals surface area contributed by atoms with E-state index in [4.69, 9.17) is 4.74 Å². The zero-order chi connectivity index (χ0) is 21.7. The van der Waals surface area contributed by atoms with Crippen LogP contribution in [0.5, 0.6) is 5.75 Å². The van der Waals surface area contributed by atoms with E-state index in [9.17, 15) is 19.5 Å². The maximum atomic E-state index is 13.0. The average molecular weight is 435 g/mol. The van der Waals surface area contributed by atoms with Crippen LogP contribution in [0.25, 0.3) is 16.0 Å². The molecule has 0 spiro atoms. The van der Waals surface area contributed by atoms with Crippen LogP contribution in [0.3, 0.4) is 0 Å². The van der Waals surface area contributed by atoms with Crippen molar-refractivity contribution in [2.24, 2.45) is 7.05 Å². The fourth-order valence-corrected chi connectivity index (χ4v) is 4.84. The van der Waals surface area contributed by atoms with Crippen LogP contribution in [-0.4, -0.2) is 33.4 Å². The van der Waals surface area contributed by atoms with Gasteiger partial charge < -0.3 is 14.7 Å². The van der Waals surface area contributed by atoms with Gasteiger partial charge in [0.05, 0.1) is 29.0 Å². The summed E-state index contributed by atoms with van der Waals surface area (Å²) in [5.41, 5.74) is 0.752. The van der Waals surface area contributed by atoms with E-state index in [0.717, 1.165) is 22.7 Å². The Labute approximate surface area is 179 Å². The molecule has 0 unspecified atom stereocenters. The number of aromatic carboxylic acids is 1. The van der Waals surface area contributed by atoms with Crippen molar-refractivity contribution in [2.75, 3.05) is 18.1 Å². The first-order valence-electron chi connectivity index (χ1n) is 9.53. The number of aryl methyl sites for hydroxylation is 1. The molecule has 1 N–H and O–H groups in total. The van der Waals surface area contributed by atoms with Gasteiger partial charge in [-0.2, -0.15) is 0 Å². The maximum Gasteiger partial charge on any atom is 0.338 e. The van der Waals surface area contributed by atoms with Gasteiger partial charge >= 0.3 is 17.1 Å². The molecule has 0 fully saturated rings. The van der Waals surface area contributed by atoms with Crippen molar-refractivity contribution < 1.29 is 14.6 Å². The first kappa shape index (κ1) is 19.1. The third-order valence-corrected chi connectivity index (χ3v) is 6.37. The third-order valence-electron chi connectivity index (χ3n) is 5.33. The second-order valence-electron chi connectivity index (χ2n) is 7.10. The first-order chi connectivity index (χ1) is 15.0. The number of benzene rings is 2. The second kappa shape index (κ2) is 7.13. The van der Waals surface area contributed by atoms with Crippen LogP contribution in [0.1, 0.15) is 10.4 Å². The molecule has 2 aromatic carbocycles. The summed E-state index contributed by atoms with van der Waals surface area (Å²) >= 11 is 1.11. The summed E-state index contributed by atoms with van der Waals surface area (Å²) in [6.07, 6.45) is 0. The van der Waals surface area contributed by atoms with Gasteiger partial charge in [0, 0.05) is 18.1 Å². The fourth-order valence-electron chi connectivity index (χ4n) is 3.85. The highest BCUT2D eigenvalue weighted by Gasteiger charge is 2.24. The molecule has 8 nitrogen and oxygen atoms in total. The summed E-state index contributed by atoms with van der Waals surface area (Å²) in [5.74, 6) is -0.513. The molecular formula is C22H17N3O5S. The number of fused-ring (bicyclic) bond motifs is 2. The lowest BCUT2D eigenvalue weighted by atomic mass is 10.1. The number of ether oxygens (including phenoxy) is 1. The molecule has 156 valence electrons. The van der Waals surface area contributed by atoms with Gasteiger partial charge in [0.1, 0.15) is 17.2 Å². The minimum absolute atomic E-state index is 0.0263. The minimum Gasteiger partial charge on any atom is -0.490 e. The SMILES string of the molecule is Cn1c(=O)c(=O)n(-c2ccc3c(c2)N(c2ccccc2)CCO3)c2c(C(=O)O)csc21. The molecule has 0 bridgehead atoms. The van der Waals surface area contributed by atoms with Crippen LogP contribution >= 0.6 is 11.3 Å². The van der Waals surface area contributed by atoms with Crippen molar-refractivity contribution in [3.63, 3.8) is 0 Å². The van der Waals surface area contributed by atoms with E-state index in [1.807, 2.05) is 30.3 Å². The third kappa shape index (κ3) is 2.93. The Morgan fingerprint density at radius 3 is 2.58 bits per heavy atom. The van der Waals surface area contributed by atoms with Gasteiger partial charge in [-0.1, -0.05) is 18.2 Å². The summed E-state index contributed by atoms with van der Waals surface area (Å²) in [5, 5.41) is 11.1. The lowest BCUT2D eigenvalue weighted by molar-refractivity contribution is 0.0699. The van der Waals surface area contributed by atoms with Crippen molar-refractivity contribution in [2.45, 2.75) is 0 Å². The van der Waals surface area contributed by atoms with E-state index < -0.39 is 17.1 Å². The monoisotopic (exact) mass is 435 g/mol. The lowest BCUT2D eigenvalue weighted by Crippen LogP contribution is -2.39. The Balaban J connectivity index is 1.80. The summed E-state index contributed by atoms with van der Waals surface area (Å²) in [4.78, 5) is 39.9. The van der Waals surface area contributed by atoms with Crippen LogP contribution in [0, 0.1) is 0 Å². The van der Waals surface area contributed by atoms with Gasteiger partial charge in [-0.3, -0.25) is 18.7 Å². The van der Waals surface area contributed by atoms with E-state index in [-0.39, 0.29) is 11.1 Å². The van der Waals surface area contributed by atoms with Gasteiger partial charge in [0.2, 0.25) is 0 Å². The van der Waals surface area contributed by atoms with Crippen molar-refractivity contribution in [3.05, 3.63) is 80.2 Å². The average Bonchev–Trinajstić information content (AvgIpc) is 3.23. The van der Waals surface area contributed by atoms with Crippen molar-refractivity contribution in [3.8, 4) is 11.4 Å². The molecular weight excluding hydrogens is 418 g/mol. The highest BCUT2D eigenvalue weighted by atomic mass is 32.1. The van der Waals surface area contributed by atoms with E-state index in [1.54, 1.807) is 18.2 Å². The van der Waals surface area contributed by atoms with Gasteiger partial charge in [-0.05, 0) is 30.3 Å². The molecule has 0 amide bonds. The molecule has 0 atom stereocenters. The smallest absolute Gasteiger partial charge is 0.338 e. The molecule has 0 radical (unpaired) electrons. The predicted octanol–water partition coefficient (Wildman–Crippen LogP) is 2.98. The number of hydrogen-bond donors (Lipinski definition) is 1. The Morgan fingerprint density at radius 1 is 1.06 bits per heavy atom. The molecule has 9 heteroatoms. The van der Waals surface area contributed by atoms with Crippen LogP contribution in [-0.2, 0) is 7.05 Å². The van der Waals surface area contributed by atoms with E-state index >= 15 is 0 Å². The standard InChI is InChI=1S/C22H17N3O5S/c1-23-19(26)20(27)25(18-15(22(28)29)12-31-21(18)23)14-7-8-17-16(11-14)24(9-10-30-17)13-5-3-2-4-6-13/h2-8,11-12H,9-10H2,1H3,(H,28,29). The van der Waals surface area contributed by atoms with Gasteiger partial charge in [-0.15, -0.1) is 11.3 Å². The van der Waals surface area contributed by atoms with Crippen LogP contribution in [0.15, 0.2) is 63.5 Å². The highest BCUT2D eigenvalue weighted by Crippen LogP contribution is 2.38.